The van der Waals surface area contributed by atoms with Crippen molar-refractivity contribution in [1.82, 2.24) is 15.3 Å². The summed E-state index contributed by atoms with van der Waals surface area (Å²) in [5.74, 6) is 1.01. The molecule has 1 heterocycles. The highest BCUT2D eigenvalue weighted by molar-refractivity contribution is 5.83. The maximum absolute atomic E-state index is 11.7. The van der Waals surface area contributed by atoms with Crippen LogP contribution in [0, 0.1) is 0 Å². The van der Waals surface area contributed by atoms with Crippen LogP contribution in [0.3, 0.4) is 0 Å². The maximum atomic E-state index is 11.7. The van der Waals surface area contributed by atoms with Crippen LogP contribution in [-0.2, 0) is 9.53 Å². The van der Waals surface area contributed by atoms with Gasteiger partial charge in [-0.1, -0.05) is 0 Å². The van der Waals surface area contributed by atoms with E-state index in [-0.39, 0.29) is 11.9 Å². The molecular weight excluding hydrogens is 234 g/mol. The molecule has 3 N–H and O–H groups in total. The fraction of sp³-hybridized carbons (Fsp3) is 0.545. The molecule has 0 saturated carbocycles. The minimum Gasteiger partial charge on any atom is -0.383 e. The molecule has 0 aliphatic heterocycles. The molecule has 0 radical (unpaired) electrons. The summed E-state index contributed by atoms with van der Waals surface area (Å²) in [6, 6.07) is 1.33. The van der Waals surface area contributed by atoms with Gasteiger partial charge in [0.05, 0.1) is 6.61 Å². The lowest BCUT2D eigenvalue weighted by molar-refractivity contribution is -0.121. The number of methoxy groups -OCH3 is 1. The summed E-state index contributed by atoms with van der Waals surface area (Å²) in [4.78, 5) is 19.9. The van der Waals surface area contributed by atoms with E-state index in [1.807, 2.05) is 0 Å². The average molecular weight is 253 g/mol. The van der Waals surface area contributed by atoms with Crippen LogP contribution in [0.2, 0.25) is 0 Å². The van der Waals surface area contributed by atoms with E-state index in [0.29, 0.717) is 24.9 Å². The predicted molar refractivity (Wildman–Crippen MR) is 69.5 cm³/mol. The fourth-order valence-electron chi connectivity index (χ4n) is 1.28. The summed E-state index contributed by atoms with van der Waals surface area (Å²) in [7, 11) is 3.33. The lowest BCUT2D eigenvalue weighted by atomic mass is 10.3. The van der Waals surface area contributed by atoms with Crippen molar-refractivity contribution in [3.8, 4) is 0 Å². The second-order valence-electron chi connectivity index (χ2n) is 3.67. The molecule has 0 spiro atoms. The van der Waals surface area contributed by atoms with Gasteiger partial charge in [-0.2, -0.15) is 4.98 Å². The van der Waals surface area contributed by atoms with Crippen molar-refractivity contribution in [3.63, 3.8) is 0 Å². The Morgan fingerprint density at radius 3 is 3.00 bits per heavy atom. The highest BCUT2D eigenvalue weighted by Gasteiger charge is 2.12. The van der Waals surface area contributed by atoms with Crippen LogP contribution in [0.25, 0.3) is 0 Å². The van der Waals surface area contributed by atoms with Crippen molar-refractivity contribution in [2.45, 2.75) is 13.0 Å². The molecule has 18 heavy (non-hydrogen) atoms. The number of hydrogen-bond donors (Lipinski definition) is 3. The van der Waals surface area contributed by atoms with Crippen LogP contribution in [-0.4, -0.2) is 49.2 Å². The lowest BCUT2D eigenvalue weighted by Gasteiger charge is -2.14. The number of carbonyl (C=O) groups is 1. The highest BCUT2D eigenvalue weighted by Crippen LogP contribution is 2.06. The SMILES string of the molecule is CNc1nccc(NC(C)C(=O)NCCOC)n1. The Morgan fingerprint density at radius 1 is 1.56 bits per heavy atom. The Balaban J connectivity index is 2.47. The number of nitrogens with zero attached hydrogens (tertiary/aromatic N) is 2. The van der Waals surface area contributed by atoms with Crippen LogP contribution >= 0.6 is 0 Å². The van der Waals surface area contributed by atoms with E-state index >= 15 is 0 Å². The van der Waals surface area contributed by atoms with Gasteiger partial charge in [0.1, 0.15) is 11.9 Å². The first-order valence-corrected chi connectivity index (χ1v) is 5.71. The van der Waals surface area contributed by atoms with Crippen molar-refractivity contribution in [3.05, 3.63) is 12.3 Å². The van der Waals surface area contributed by atoms with Crippen molar-refractivity contribution in [2.24, 2.45) is 0 Å². The van der Waals surface area contributed by atoms with E-state index < -0.39 is 0 Å². The lowest BCUT2D eigenvalue weighted by Crippen LogP contribution is -2.39. The van der Waals surface area contributed by atoms with Crippen LogP contribution in [0.5, 0.6) is 0 Å². The van der Waals surface area contributed by atoms with Crippen molar-refractivity contribution in [1.29, 1.82) is 0 Å². The fourth-order valence-corrected chi connectivity index (χ4v) is 1.28. The smallest absolute Gasteiger partial charge is 0.242 e. The maximum Gasteiger partial charge on any atom is 0.242 e. The quantitative estimate of drug-likeness (QED) is 0.596. The molecule has 1 rings (SSSR count). The molecule has 0 aromatic carbocycles. The van der Waals surface area contributed by atoms with Gasteiger partial charge < -0.3 is 20.7 Å². The molecule has 1 aromatic heterocycles. The number of anilines is 2. The highest BCUT2D eigenvalue weighted by atomic mass is 16.5. The van der Waals surface area contributed by atoms with Gasteiger partial charge in [-0.05, 0) is 13.0 Å². The van der Waals surface area contributed by atoms with E-state index in [4.69, 9.17) is 4.74 Å². The Kier molecular flexibility index (Phi) is 5.86. The molecule has 0 saturated heterocycles. The van der Waals surface area contributed by atoms with Crippen LogP contribution in [0.4, 0.5) is 11.8 Å². The molecule has 0 aliphatic carbocycles. The first-order valence-electron chi connectivity index (χ1n) is 5.71. The molecule has 1 aromatic rings. The van der Waals surface area contributed by atoms with Gasteiger partial charge in [-0.25, -0.2) is 4.98 Å². The summed E-state index contributed by atoms with van der Waals surface area (Å²) in [6.45, 7) is 2.76. The third-order valence-corrected chi connectivity index (χ3v) is 2.24. The van der Waals surface area contributed by atoms with E-state index in [0.717, 1.165) is 0 Å². The topological polar surface area (TPSA) is 88.2 Å². The van der Waals surface area contributed by atoms with Crippen molar-refractivity contribution >= 4 is 17.7 Å². The second-order valence-corrected chi connectivity index (χ2v) is 3.67. The first-order chi connectivity index (χ1) is 8.67. The van der Waals surface area contributed by atoms with Gasteiger partial charge >= 0.3 is 0 Å². The summed E-state index contributed by atoms with van der Waals surface area (Å²) in [6.07, 6.45) is 1.62. The molecule has 0 bridgehead atoms. The summed E-state index contributed by atoms with van der Waals surface area (Å²) in [5, 5.41) is 8.58. The van der Waals surface area contributed by atoms with E-state index in [9.17, 15) is 4.79 Å². The van der Waals surface area contributed by atoms with Gasteiger partial charge in [-0.3, -0.25) is 4.79 Å². The zero-order valence-electron chi connectivity index (χ0n) is 10.9. The third kappa shape index (κ3) is 4.54. The van der Waals surface area contributed by atoms with Crippen LogP contribution in [0.1, 0.15) is 6.92 Å². The molecular formula is C11H19N5O2. The summed E-state index contributed by atoms with van der Waals surface area (Å²) < 4.78 is 4.86. The molecule has 1 unspecified atom stereocenters. The Hall–Kier alpha value is -1.89. The third-order valence-electron chi connectivity index (χ3n) is 2.24. The predicted octanol–water partition coefficient (Wildman–Crippen LogP) is 0.0813. The number of aromatic nitrogens is 2. The van der Waals surface area contributed by atoms with Crippen molar-refractivity contribution < 1.29 is 9.53 Å². The van der Waals surface area contributed by atoms with E-state index in [1.54, 1.807) is 33.3 Å². The Bertz CT molecular complexity index is 385. The van der Waals surface area contributed by atoms with Gasteiger partial charge in [0, 0.05) is 26.9 Å². The van der Waals surface area contributed by atoms with Crippen LogP contribution in [0.15, 0.2) is 12.3 Å². The van der Waals surface area contributed by atoms with E-state index in [2.05, 4.69) is 25.9 Å². The van der Waals surface area contributed by atoms with E-state index in [1.165, 1.54) is 0 Å². The molecule has 100 valence electrons. The largest absolute Gasteiger partial charge is 0.383 e. The monoisotopic (exact) mass is 253 g/mol. The second kappa shape index (κ2) is 7.44. The molecule has 7 heteroatoms. The molecule has 1 atom stereocenters. The van der Waals surface area contributed by atoms with Crippen molar-refractivity contribution in [2.75, 3.05) is 37.9 Å². The van der Waals surface area contributed by atoms with Gasteiger partial charge in [-0.15, -0.1) is 0 Å². The van der Waals surface area contributed by atoms with Crippen LogP contribution < -0.4 is 16.0 Å². The van der Waals surface area contributed by atoms with Gasteiger partial charge in [0.15, 0.2) is 0 Å². The summed E-state index contributed by atoms with van der Waals surface area (Å²) in [5.41, 5.74) is 0. The molecule has 7 nitrogen and oxygen atoms in total. The number of amides is 1. The van der Waals surface area contributed by atoms with Gasteiger partial charge in [0.25, 0.3) is 0 Å². The average Bonchev–Trinajstić information content (AvgIpc) is 2.39. The first kappa shape index (κ1) is 14.2. The summed E-state index contributed by atoms with van der Waals surface area (Å²) >= 11 is 0. The molecule has 0 fully saturated rings. The minimum absolute atomic E-state index is 0.100. The van der Waals surface area contributed by atoms with Gasteiger partial charge in [0.2, 0.25) is 11.9 Å². The number of carbonyl (C=O) groups excluding carboxylic acids is 1. The Labute approximate surface area is 106 Å². The number of nitrogens with one attached hydrogen (secondary N) is 3. The molecule has 0 aliphatic rings. The number of hydrogen-bond acceptors (Lipinski definition) is 6. The standard InChI is InChI=1S/C11H19N5O2/c1-8(10(17)13-6-7-18-3)15-9-4-5-14-11(12-2)16-9/h4-5,8H,6-7H2,1-3H3,(H,13,17)(H2,12,14,15,16). The number of ether oxygens (including phenoxy) is 1. The zero-order chi connectivity index (χ0) is 13.4. The Morgan fingerprint density at radius 2 is 2.33 bits per heavy atom. The molecule has 1 amide bonds. The minimum atomic E-state index is -0.374. The number of rotatable bonds is 7. The normalized spacial score (nSPS) is 11.7. The zero-order valence-corrected chi connectivity index (χ0v) is 10.9.